The van der Waals surface area contributed by atoms with Gasteiger partial charge in [0, 0.05) is 10.6 Å². The number of hydrogen-bond acceptors (Lipinski definition) is 2. The van der Waals surface area contributed by atoms with Gasteiger partial charge >= 0.3 is 0 Å². The summed E-state index contributed by atoms with van der Waals surface area (Å²) in [5.74, 6) is 0. The fraction of sp³-hybridized carbons (Fsp3) is 0.263. The van der Waals surface area contributed by atoms with E-state index in [1.165, 1.54) is 0 Å². The molecule has 0 spiro atoms. The maximum absolute atomic E-state index is 12.6. The van der Waals surface area contributed by atoms with Gasteiger partial charge in [-0.05, 0) is 53.8 Å². The third-order valence-electron chi connectivity index (χ3n) is 3.72. The molecule has 0 aliphatic carbocycles. The Morgan fingerprint density at radius 2 is 1.67 bits per heavy atom. The van der Waals surface area contributed by atoms with Crippen LogP contribution in [0.25, 0.3) is 5.57 Å². The molecule has 0 fully saturated rings. The van der Waals surface area contributed by atoms with Crippen LogP contribution in [0.15, 0.2) is 53.9 Å². The molecule has 2 aromatic carbocycles. The van der Waals surface area contributed by atoms with Gasteiger partial charge in [-0.3, -0.25) is 4.72 Å². The summed E-state index contributed by atoms with van der Waals surface area (Å²) in [5, 5.41) is 0.533. The fourth-order valence-electron chi connectivity index (χ4n) is 2.30. The van der Waals surface area contributed by atoms with Crippen LogP contribution in [-0.4, -0.2) is 8.42 Å². The zero-order valence-corrected chi connectivity index (χ0v) is 15.9. The van der Waals surface area contributed by atoms with Crippen molar-refractivity contribution in [3.8, 4) is 0 Å². The number of nitrogens with one attached hydrogen (secondary N) is 1. The maximum Gasteiger partial charge on any atom is 0.261 e. The molecule has 0 amide bonds. The van der Waals surface area contributed by atoms with E-state index in [4.69, 9.17) is 11.6 Å². The van der Waals surface area contributed by atoms with E-state index in [0.717, 1.165) is 11.1 Å². The van der Waals surface area contributed by atoms with Crippen LogP contribution < -0.4 is 4.72 Å². The molecule has 0 bridgehead atoms. The van der Waals surface area contributed by atoms with Crippen LogP contribution >= 0.6 is 11.6 Å². The van der Waals surface area contributed by atoms with Crippen LogP contribution in [-0.2, 0) is 15.4 Å². The van der Waals surface area contributed by atoms with Crippen molar-refractivity contribution < 1.29 is 8.42 Å². The van der Waals surface area contributed by atoms with E-state index in [-0.39, 0.29) is 10.3 Å². The second-order valence-corrected chi connectivity index (χ2v) is 8.97. The molecule has 2 rings (SSSR count). The summed E-state index contributed by atoms with van der Waals surface area (Å²) in [6.07, 6.45) is 0. The van der Waals surface area contributed by atoms with Crippen LogP contribution in [0.4, 0.5) is 5.69 Å². The highest BCUT2D eigenvalue weighted by molar-refractivity contribution is 7.92. The molecule has 0 saturated heterocycles. The number of anilines is 1. The zero-order valence-electron chi connectivity index (χ0n) is 14.4. The second kappa shape index (κ2) is 6.61. The predicted molar refractivity (Wildman–Crippen MR) is 102 cm³/mol. The molecule has 24 heavy (non-hydrogen) atoms. The summed E-state index contributed by atoms with van der Waals surface area (Å²) in [4.78, 5) is 0.220. The van der Waals surface area contributed by atoms with Crippen LogP contribution in [0.2, 0.25) is 5.02 Å². The summed E-state index contributed by atoms with van der Waals surface area (Å²) in [6, 6.07) is 11.9. The summed E-state index contributed by atoms with van der Waals surface area (Å²) in [5.41, 5.74) is 2.93. The lowest BCUT2D eigenvalue weighted by Crippen LogP contribution is -2.15. The quantitative estimate of drug-likeness (QED) is 0.782. The molecular formula is C19H22ClNO2S. The average Bonchev–Trinajstić information content (AvgIpc) is 2.48. The van der Waals surface area contributed by atoms with Crippen LogP contribution in [0.5, 0.6) is 0 Å². The Morgan fingerprint density at radius 1 is 1.08 bits per heavy atom. The fourth-order valence-corrected chi connectivity index (χ4v) is 3.55. The van der Waals surface area contributed by atoms with Gasteiger partial charge in [0.15, 0.2) is 0 Å². The number of halogens is 1. The van der Waals surface area contributed by atoms with Gasteiger partial charge in [-0.1, -0.05) is 51.1 Å². The Balaban J connectivity index is 2.37. The van der Waals surface area contributed by atoms with Crippen molar-refractivity contribution in [2.75, 3.05) is 4.72 Å². The van der Waals surface area contributed by atoms with Gasteiger partial charge in [0.2, 0.25) is 0 Å². The van der Waals surface area contributed by atoms with Gasteiger partial charge in [0.05, 0.1) is 10.6 Å². The first kappa shape index (κ1) is 18.6. The van der Waals surface area contributed by atoms with E-state index >= 15 is 0 Å². The van der Waals surface area contributed by atoms with Crippen molar-refractivity contribution in [2.24, 2.45) is 0 Å². The number of allylic oxidation sites excluding steroid dienone is 1. The summed E-state index contributed by atoms with van der Waals surface area (Å²) >= 11 is 5.99. The number of sulfonamides is 1. The van der Waals surface area contributed by atoms with Gasteiger partial charge in [0.25, 0.3) is 10.0 Å². The molecule has 128 valence electrons. The largest absolute Gasteiger partial charge is 0.279 e. The maximum atomic E-state index is 12.6. The highest BCUT2D eigenvalue weighted by Gasteiger charge is 2.19. The van der Waals surface area contributed by atoms with Crippen LogP contribution in [0.3, 0.4) is 0 Å². The van der Waals surface area contributed by atoms with E-state index < -0.39 is 10.0 Å². The highest BCUT2D eigenvalue weighted by Crippen LogP contribution is 2.29. The summed E-state index contributed by atoms with van der Waals surface area (Å²) in [7, 11) is -3.68. The lowest BCUT2D eigenvalue weighted by atomic mass is 9.87. The third-order valence-corrected chi connectivity index (χ3v) is 5.33. The molecule has 2 aromatic rings. The Morgan fingerprint density at radius 3 is 2.17 bits per heavy atom. The minimum Gasteiger partial charge on any atom is -0.279 e. The van der Waals surface area contributed by atoms with Gasteiger partial charge in [0.1, 0.15) is 0 Å². The van der Waals surface area contributed by atoms with E-state index in [1.807, 2.05) is 19.1 Å². The molecule has 0 aromatic heterocycles. The first-order valence-corrected chi connectivity index (χ1v) is 9.45. The first-order valence-electron chi connectivity index (χ1n) is 7.59. The zero-order chi connectivity index (χ0) is 18.1. The molecule has 0 aliphatic rings. The topological polar surface area (TPSA) is 46.2 Å². The number of benzene rings is 2. The van der Waals surface area contributed by atoms with Gasteiger partial charge in [-0.25, -0.2) is 8.42 Å². The molecule has 0 radical (unpaired) electrons. The van der Waals surface area contributed by atoms with E-state index in [0.29, 0.717) is 16.3 Å². The van der Waals surface area contributed by atoms with Crippen molar-refractivity contribution in [2.45, 2.75) is 38.0 Å². The van der Waals surface area contributed by atoms with Crippen molar-refractivity contribution in [3.63, 3.8) is 0 Å². The normalized spacial score (nSPS) is 12.0. The number of rotatable bonds is 4. The Hall–Kier alpha value is -1.78. The third kappa shape index (κ3) is 4.19. The standard InChI is InChI=1S/C19H22ClNO2S/c1-13(2)17-12-15(20)8-11-18(17)21-24(22,23)16-9-6-14(7-10-16)19(3,4)5/h6-12,21H,1H2,2-5H3. The van der Waals surface area contributed by atoms with Gasteiger partial charge < -0.3 is 0 Å². The summed E-state index contributed by atoms with van der Waals surface area (Å²) in [6.45, 7) is 11.9. The van der Waals surface area contributed by atoms with E-state index in [9.17, 15) is 8.42 Å². The first-order chi connectivity index (χ1) is 11.0. The highest BCUT2D eigenvalue weighted by atomic mass is 35.5. The molecule has 0 unspecified atom stereocenters. The Kier molecular flexibility index (Phi) is 5.11. The Labute approximate surface area is 149 Å². The Bertz CT molecular complexity index is 863. The average molecular weight is 364 g/mol. The molecule has 0 atom stereocenters. The lowest BCUT2D eigenvalue weighted by Gasteiger charge is -2.19. The van der Waals surface area contributed by atoms with Crippen molar-refractivity contribution >= 4 is 32.9 Å². The van der Waals surface area contributed by atoms with Crippen LogP contribution in [0, 0.1) is 0 Å². The molecule has 0 heterocycles. The molecule has 0 aliphatic heterocycles. The smallest absolute Gasteiger partial charge is 0.261 e. The minimum absolute atomic E-state index is 0.0287. The second-order valence-electron chi connectivity index (χ2n) is 6.85. The van der Waals surface area contributed by atoms with Crippen LogP contribution in [0.1, 0.15) is 38.8 Å². The van der Waals surface area contributed by atoms with Gasteiger partial charge in [-0.2, -0.15) is 0 Å². The van der Waals surface area contributed by atoms with Gasteiger partial charge in [-0.15, -0.1) is 0 Å². The molecule has 1 N–H and O–H groups in total. The van der Waals surface area contributed by atoms with E-state index in [2.05, 4.69) is 32.1 Å². The SMILES string of the molecule is C=C(C)c1cc(Cl)ccc1NS(=O)(=O)c1ccc(C(C)(C)C)cc1. The molecule has 5 heteroatoms. The van der Waals surface area contributed by atoms with Crippen molar-refractivity contribution in [1.82, 2.24) is 0 Å². The predicted octanol–water partition coefficient (Wildman–Crippen LogP) is 5.47. The van der Waals surface area contributed by atoms with E-state index in [1.54, 1.807) is 30.3 Å². The number of hydrogen-bond donors (Lipinski definition) is 1. The molecule has 0 saturated carbocycles. The molecule has 3 nitrogen and oxygen atoms in total. The lowest BCUT2D eigenvalue weighted by molar-refractivity contribution is 0.587. The van der Waals surface area contributed by atoms with Crippen molar-refractivity contribution in [3.05, 3.63) is 65.2 Å². The minimum atomic E-state index is -3.68. The van der Waals surface area contributed by atoms with Crippen molar-refractivity contribution in [1.29, 1.82) is 0 Å². The molecular weight excluding hydrogens is 342 g/mol. The monoisotopic (exact) mass is 363 g/mol. The summed E-state index contributed by atoms with van der Waals surface area (Å²) < 4.78 is 27.9.